The summed E-state index contributed by atoms with van der Waals surface area (Å²) in [6.07, 6.45) is 10.0. The van der Waals surface area contributed by atoms with Gasteiger partial charge in [-0.15, -0.1) is 0 Å². The van der Waals surface area contributed by atoms with Gasteiger partial charge in [0.05, 0.1) is 18.7 Å². The lowest BCUT2D eigenvalue weighted by Crippen LogP contribution is -2.47. The topological polar surface area (TPSA) is 38.3 Å². The molecule has 4 atom stereocenters. The summed E-state index contributed by atoms with van der Waals surface area (Å²) in [4.78, 5) is 12.1. The maximum atomic E-state index is 14.5. The average molecular weight is 337 g/mol. The third-order valence-corrected chi connectivity index (χ3v) is 5.36. The molecule has 5 heteroatoms. The predicted molar refractivity (Wildman–Crippen MR) is 88.4 cm³/mol. The molecular weight excluding hydrogens is 312 g/mol. The number of rotatable bonds is 7. The van der Waals surface area contributed by atoms with Crippen molar-refractivity contribution < 1.29 is 18.3 Å². The second-order valence-electron chi connectivity index (χ2n) is 7.21. The quantitative estimate of drug-likeness (QED) is 0.714. The van der Waals surface area contributed by atoms with Gasteiger partial charge in [-0.3, -0.25) is 4.79 Å². The second-order valence-corrected chi connectivity index (χ2v) is 7.21. The first-order chi connectivity index (χ1) is 11.4. The Morgan fingerprint density at radius 2 is 2.08 bits per heavy atom. The van der Waals surface area contributed by atoms with E-state index in [-0.39, 0.29) is 24.0 Å². The third kappa shape index (κ3) is 3.70. The lowest BCUT2D eigenvalue weighted by molar-refractivity contribution is -0.122. The minimum absolute atomic E-state index is 0.241. The first kappa shape index (κ1) is 17.2. The number of carbonyl (C=O) groups is 1. The van der Waals surface area contributed by atoms with Crippen LogP contribution in [0.15, 0.2) is 35.6 Å². The van der Waals surface area contributed by atoms with Crippen molar-refractivity contribution in [2.24, 2.45) is 17.8 Å². The van der Waals surface area contributed by atoms with E-state index in [1.165, 1.54) is 12.5 Å². The minimum Gasteiger partial charge on any atom is -0.497 e. The van der Waals surface area contributed by atoms with Crippen LogP contribution in [0, 0.1) is 17.8 Å². The molecule has 1 fully saturated rings. The van der Waals surface area contributed by atoms with Gasteiger partial charge in [-0.25, -0.2) is 8.78 Å². The van der Waals surface area contributed by atoms with Crippen molar-refractivity contribution >= 4 is 5.91 Å². The summed E-state index contributed by atoms with van der Waals surface area (Å²) in [5, 5.41) is 2.67. The maximum Gasteiger partial charge on any atom is 0.278 e. The third-order valence-electron chi connectivity index (χ3n) is 5.36. The molecule has 1 heterocycles. The number of amides is 1. The Balaban J connectivity index is 1.60. The number of ether oxygens (including phenoxy) is 1. The van der Waals surface area contributed by atoms with E-state index >= 15 is 0 Å². The molecular formula is C19H25F2NO2. The maximum absolute atomic E-state index is 14.5. The van der Waals surface area contributed by atoms with Gasteiger partial charge in [0.1, 0.15) is 5.76 Å². The van der Waals surface area contributed by atoms with Crippen molar-refractivity contribution in [2.45, 2.75) is 51.0 Å². The molecule has 132 valence electrons. The van der Waals surface area contributed by atoms with Crippen molar-refractivity contribution in [3.8, 4) is 0 Å². The fraction of sp³-hybridized carbons (Fsp3) is 0.632. The molecule has 0 saturated heterocycles. The van der Waals surface area contributed by atoms with Crippen LogP contribution < -0.4 is 5.32 Å². The summed E-state index contributed by atoms with van der Waals surface area (Å²) in [6, 6.07) is -0.312. The van der Waals surface area contributed by atoms with Crippen LogP contribution in [0.2, 0.25) is 0 Å². The number of carbonyl (C=O) groups excluding carboxylic acids is 1. The van der Waals surface area contributed by atoms with E-state index in [0.29, 0.717) is 12.2 Å². The van der Waals surface area contributed by atoms with Crippen LogP contribution in [0.25, 0.3) is 0 Å². The zero-order valence-electron chi connectivity index (χ0n) is 14.2. The first-order valence-electron chi connectivity index (χ1n) is 8.75. The van der Waals surface area contributed by atoms with E-state index < -0.39 is 11.8 Å². The second kappa shape index (κ2) is 6.69. The SMILES string of the molecule is COC1=CC2NC(=O)C(C(F)(F)CCCC[C@@H]3CC3C)=CC2C=C1. The highest BCUT2D eigenvalue weighted by molar-refractivity contribution is 5.96. The normalized spacial score (nSPS) is 31.8. The molecule has 2 aliphatic carbocycles. The monoisotopic (exact) mass is 337 g/mol. The zero-order valence-corrected chi connectivity index (χ0v) is 14.2. The van der Waals surface area contributed by atoms with Crippen molar-refractivity contribution in [3.63, 3.8) is 0 Å². The molecule has 3 aliphatic rings. The number of unbranched alkanes of at least 4 members (excludes halogenated alkanes) is 1. The molecule has 0 aromatic rings. The Labute approximate surface area is 141 Å². The Morgan fingerprint density at radius 3 is 2.75 bits per heavy atom. The fourth-order valence-corrected chi connectivity index (χ4v) is 3.58. The van der Waals surface area contributed by atoms with E-state index in [1.807, 2.05) is 0 Å². The fourth-order valence-electron chi connectivity index (χ4n) is 3.58. The Morgan fingerprint density at radius 1 is 1.33 bits per heavy atom. The van der Waals surface area contributed by atoms with Gasteiger partial charge in [-0.05, 0) is 36.8 Å². The van der Waals surface area contributed by atoms with E-state index in [4.69, 9.17) is 4.74 Å². The number of methoxy groups -OCH3 is 1. The molecule has 0 aromatic carbocycles. The summed E-state index contributed by atoms with van der Waals surface area (Å²) < 4.78 is 34.1. The highest BCUT2D eigenvalue weighted by Crippen LogP contribution is 2.42. The summed E-state index contributed by atoms with van der Waals surface area (Å²) in [5.74, 6) is -1.85. The molecule has 0 aromatic heterocycles. The van der Waals surface area contributed by atoms with Gasteiger partial charge in [-0.2, -0.15) is 0 Å². The Hall–Kier alpha value is -1.65. The number of alkyl halides is 2. The van der Waals surface area contributed by atoms with Gasteiger partial charge in [0.2, 0.25) is 0 Å². The molecule has 0 radical (unpaired) electrons. The smallest absolute Gasteiger partial charge is 0.278 e. The lowest BCUT2D eigenvalue weighted by Gasteiger charge is -2.32. The van der Waals surface area contributed by atoms with Crippen LogP contribution in [0.5, 0.6) is 0 Å². The number of halogens is 2. The minimum atomic E-state index is -3.07. The molecule has 1 saturated carbocycles. The van der Waals surface area contributed by atoms with Gasteiger partial charge in [0.15, 0.2) is 0 Å². The van der Waals surface area contributed by atoms with Crippen molar-refractivity contribution in [3.05, 3.63) is 35.6 Å². The lowest BCUT2D eigenvalue weighted by atomic mass is 9.86. The summed E-state index contributed by atoms with van der Waals surface area (Å²) in [7, 11) is 1.54. The molecule has 1 aliphatic heterocycles. The highest BCUT2D eigenvalue weighted by atomic mass is 19.3. The highest BCUT2D eigenvalue weighted by Gasteiger charge is 2.42. The predicted octanol–water partition coefficient (Wildman–Crippen LogP) is 3.98. The van der Waals surface area contributed by atoms with Crippen LogP contribution in [0.1, 0.15) is 39.0 Å². The number of nitrogens with one attached hydrogen (secondary N) is 1. The number of hydrogen-bond acceptors (Lipinski definition) is 2. The van der Waals surface area contributed by atoms with E-state index in [0.717, 1.165) is 24.7 Å². The Kier molecular flexibility index (Phi) is 4.79. The van der Waals surface area contributed by atoms with Crippen molar-refractivity contribution in [1.29, 1.82) is 0 Å². The molecule has 1 N–H and O–H groups in total. The van der Waals surface area contributed by atoms with Gasteiger partial charge in [0, 0.05) is 12.3 Å². The molecule has 3 unspecified atom stereocenters. The van der Waals surface area contributed by atoms with Crippen LogP contribution in [0.4, 0.5) is 8.78 Å². The van der Waals surface area contributed by atoms with Crippen LogP contribution >= 0.6 is 0 Å². The van der Waals surface area contributed by atoms with Gasteiger partial charge in [-0.1, -0.05) is 31.9 Å². The number of allylic oxidation sites excluding steroid dienone is 1. The average Bonchev–Trinajstić information content (AvgIpc) is 3.25. The molecule has 3 rings (SSSR count). The number of hydrogen-bond donors (Lipinski definition) is 1. The summed E-state index contributed by atoms with van der Waals surface area (Å²) in [6.45, 7) is 2.20. The summed E-state index contributed by atoms with van der Waals surface area (Å²) in [5.41, 5.74) is -0.387. The summed E-state index contributed by atoms with van der Waals surface area (Å²) >= 11 is 0. The number of fused-ring (bicyclic) bond motifs is 1. The van der Waals surface area contributed by atoms with Crippen molar-refractivity contribution in [2.75, 3.05) is 7.11 Å². The van der Waals surface area contributed by atoms with E-state index in [2.05, 4.69) is 12.2 Å². The van der Waals surface area contributed by atoms with Crippen LogP contribution in [-0.2, 0) is 9.53 Å². The molecule has 0 spiro atoms. The van der Waals surface area contributed by atoms with Gasteiger partial charge < -0.3 is 10.1 Å². The van der Waals surface area contributed by atoms with E-state index in [1.54, 1.807) is 25.3 Å². The van der Waals surface area contributed by atoms with Crippen molar-refractivity contribution in [1.82, 2.24) is 5.32 Å². The largest absolute Gasteiger partial charge is 0.497 e. The standard InChI is InChI=1S/C19H25F2NO2/c1-12-9-13(12)5-3-4-8-19(20,21)16-10-14-6-7-15(24-2)11-17(14)22-18(16)23/h6-7,10-14,17H,3-5,8-9H2,1-2H3,(H,22,23)/t12?,13-,14?,17?/m1/s1. The van der Waals surface area contributed by atoms with E-state index in [9.17, 15) is 13.6 Å². The van der Waals surface area contributed by atoms with Crippen LogP contribution in [0.3, 0.4) is 0 Å². The first-order valence-corrected chi connectivity index (χ1v) is 8.75. The molecule has 24 heavy (non-hydrogen) atoms. The Bertz CT molecular complexity index is 594. The zero-order chi connectivity index (χ0) is 17.3. The van der Waals surface area contributed by atoms with Gasteiger partial charge >= 0.3 is 0 Å². The van der Waals surface area contributed by atoms with Crippen LogP contribution in [-0.4, -0.2) is 25.0 Å². The molecule has 1 amide bonds. The molecule has 3 nitrogen and oxygen atoms in total. The van der Waals surface area contributed by atoms with Gasteiger partial charge in [0.25, 0.3) is 11.8 Å². The molecule has 0 bridgehead atoms.